The van der Waals surface area contributed by atoms with Crippen molar-refractivity contribution in [1.82, 2.24) is 4.98 Å². The molecule has 11 heavy (non-hydrogen) atoms. The standard InChI is InChI=1S/C7H8N2OS/c1-4-2-5(7(8)11)3-6(10)9-4/h2-3H,1H3,(H2,8,11)(H,9,10). The molecule has 0 spiro atoms. The number of rotatable bonds is 1. The van der Waals surface area contributed by atoms with Crippen molar-refractivity contribution in [3.8, 4) is 0 Å². The molecule has 0 amide bonds. The quantitative estimate of drug-likeness (QED) is 0.594. The number of hydrogen-bond donors (Lipinski definition) is 2. The van der Waals surface area contributed by atoms with Crippen LogP contribution >= 0.6 is 12.2 Å². The van der Waals surface area contributed by atoms with Crippen LogP contribution in [0.2, 0.25) is 0 Å². The summed E-state index contributed by atoms with van der Waals surface area (Å²) in [4.78, 5) is 13.7. The van der Waals surface area contributed by atoms with E-state index in [1.807, 2.05) is 0 Å². The summed E-state index contributed by atoms with van der Waals surface area (Å²) >= 11 is 4.71. The number of aryl methyl sites for hydroxylation is 1. The fourth-order valence-corrected chi connectivity index (χ4v) is 0.943. The second kappa shape index (κ2) is 2.84. The molecular weight excluding hydrogens is 160 g/mol. The summed E-state index contributed by atoms with van der Waals surface area (Å²) in [6.45, 7) is 1.78. The Morgan fingerprint density at radius 3 is 2.73 bits per heavy atom. The molecule has 0 fully saturated rings. The highest BCUT2D eigenvalue weighted by molar-refractivity contribution is 7.80. The van der Waals surface area contributed by atoms with Crippen LogP contribution in [0.3, 0.4) is 0 Å². The highest BCUT2D eigenvalue weighted by atomic mass is 32.1. The Balaban J connectivity index is 3.30. The molecule has 3 nitrogen and oxygen atoms in total. The average Bonchev–Trinajstić information content (AvgIpc) is 1.85. The predicted molar refractivity (Wildman–Crippen MR) is 47.7 cm³/mol. The summed E-state index contributed by atoms with van der Waals surface area (Å²) in [5.74, 6) is 0. The predicted octanol–water partition coefficient (Wildman–Crippen LogP) is 0.318. The maximum atomic E-state index is 10.8. The molecule has 1 aromatic rings. The van der Waals surface area contributed by atoms with Crippen molar-refractivity contribution in [2.45, 2.75) is 6.92 Å². The number of hydrogen-bond acceptors (Lipinski definition) is 2. The van der Waals surface area contributed by atoms with Crippen molar-refractivity contribution < 1.29 is 0 Å². The number of aromatic amines is 1. The van der Waals surface area contributed by atoms with E-state index in [4.69, 9.17) is 18.0 Å². The van der Waals surface area contributed by atoms with Gasteiger partial charge in [0.1, 0.15) is 4.99 Å². The highest BCUT2D eigenvalue weighted by Gasteiger charge is 1.97. The average molecular weight is 168 g/mol. The molecule has 1 heterocycles. The van der Waals surface area contributed by atoms with Gasteiger partial charge in [0.25, 0.3) is 0 Å². The molecule has 0 bridgehead atoms. The maximum absolute atomic E-state index is 10.8. The van der Waals surface area contributed by atoms with Crippen LogP contribution in [0.1, 0.15) is 11.3 Å². The van der Waals surface area contributed by atoms with E-state index < -0.39 is 0 Å². The Bertz CT molecular complexity index is 343. The van der Waals surface area contributed by atoms with Gasteiger partial charge in [0.2, 0.25) is 5.56 Å². The number of nitrogens with two attached hydrogens (primary N) is 1. The summed E-state index contributed by atoms with van der Waals surface area (Å²) in [6.07, 6.45) is 0. The van der Waals surface area contributed by atoms with Crippen LogP contribution in [0.15, 0.2) is 16.9 Å². The first-order valence-corrected chi connectivity index (χ1v) is 3.51. The largest absolute Gasteiger partial charge is 0.389 e. The Hall–Kier alpha value is -1.16. The molecule has 1 aromatic heterocycles. The van der Waals surface area contributed by atoms with E-state index in [-0.39, 0.29) is 10.5 Å². The summed E-state index contributed by atoms with van der Waals surface area (Å²) in [5, 5.41) is 0. The molecule has 0 unspecified atom stereocenters. The normalized spacial score (nSPS) is 9.55. The van der Waals surface area contributed by atoms with Gasteiger partial charge in [0, 0.05) is 17.3 Å². The van der Waals surface area contributed by atoms with Crippen LogP contribution in [0, 0.1) is 6.92 Å². The van der Waals surface area contributed by atoms with Gasteiger partial charge in [-0.2, -0.15) is 0 Å². The number of nitrogens with one attached hydrogen (secondary N) is 1. The zero-order valence-electron chi connectivity index (χ0n) is 6.05. The number of H-pyrrole nitrogens is 1. The van der Waals surface area contributed by atoms with E-state index >= 15 is 0 Å². The third kappa shape index (κ3) is 1.88. The van der Waals surface area contributed by atoms with Gasteiger partial charge < -0.3 is 10.7 Å². The molecule has 0 aliphatic carbocycles. The van der Waals surface area contributed by atoms with E-state index in [1.54, 1.807) is 13.0 Å². The molecule has 0 aromatic carbocycles. The molecular formula is C7H8N2OS. The molecule has 0 radical (unpaired) electrons. The third-order valence-corrected chi connectivity index (χ3v) is 1.50. The first kappa shape index (κ1) is 7.94. The maximum Gasteiger partial charge on any atom is 0.248 e. The summed E-state index contributed by atoms with van der Waals surface area (Å²) in [6, 6.07) is 3.12. The molecule has 3 N–H and O–H groups in total. The van der Waals surface area contributed by atoms with Gasteiger partial charge >= 0.3 is 0 Å². The SMILES string of the molecule is Cc1cc(C(N)=S)cc(=O)[nH]1. The lowest BCUT2D eigenvalue weighted by molar-refractivity contribution is 1.14. The molecule has 4 heteroatoms. The van der Waals surface area contributed by atoms with Crippen molar-refractivity contribution in [3.63, 3.8) is 0 Å². The van der Waals surface area contributed by atoms with Gasteiger partial charge in [-0.1, -0.05) is 12.2 Å². The van der Waals surface area contributed by atoms with Crippen molar-refractivity contribution in [2.75, 3.05) is 0 Å². The van der Waals surface area contributed by atoms with Crippen molar-refractivity contribution in [1.29, 1.82) is 0 Å². The molecule has 0 atom stereocenters. The first-order chi connectivity index (χ1) is 5.09. The van der Waals surface area contributed by atoms with Gasteiger partial charge in [-0.25, -0.2) is 0 Å². The number of thiocarbonyl (C=S) groups is 1. The topological polar surface area (TPSA) is 58.9 Å². The van der Waals surface area contributed by atoms with Crippen LogP contribution in [-0.2, 0) is 0 Å². The van der Waals surface area contributed by atoms with E-state index in [0.717, 1.165) is 5.69 Å². The first-order valence-electron chi connectivity index (χ1n) is 3.10. The minimum Gasteiger partial charge on any atom is -0.389 e. The summed E-state index contributed by atoms with van der Waals surface area (Å²) in [5.41, 5.74) is 6.53. The smallest absolute Gasteiger partial charge is 0.248 e. The summed E-state index contributed by atoms with van der Waals surface area (Å²) < 4.78 is 0. The minimum absolute atomic E-state index is 0.173. The fraction of sp³-hybridized carbons (Fsp3) is 0.143. The van der Waals surface area contributed by atoms with Crippen LogP contribution in [0.4, 0.5) is 0 Å². The number of aromatic nitrogens is 1. The Morgan fingerprint density at radius 1 is 1.64 bits per heavy atom. The lowest BCUT2D eigenvalue weighted by Crippen LogP contribution is -2.15. The molecule has 58 valence electrons. The zero-order chi connectivity index (χ0) is 8.43. The number of pyridine rings is 1. The van der Waals surface area contributed by atoms with Gasteiger partial charge in [-0.05, 0) is 13.0 Å². The van der Waals surface area contributed by atoms with Gasteiger partial charge in [0.05, 0.1) is 0 Å². The second-order valence-electron chi connectivity index (χ2n) is 2.28. The zero-order valence-corrected chi connectivity index (χ0v) is 6.87. The van der Waals surface area contributed by atoms with Crippen LogP contribution < -0.4 is 11.3 Å². The third-order valence-electron chi connectivity index (χ3n) is 1.26. The van der Waals surface area contributed by atoms with Crippen LogP contribution in [0.5, 0.6) is 0 Å². The van der Waals surface area contributed by atoms with Gasteiger partial charge in [0.15, 0.2) is 0 Å². The van der Waals surface area contributed by atoms with E-state index in [1.165, 1.54) is 6.07 Å². The molecule has 0 aliphatic heterocycles. The fourth-order valence-electron chi connectivity index (χ4n) is 0.825. The van der Waals surface area contributed by atoms with Crippen molar-refractivity contribution in [2.24, 2.45) is 5.73 Å². The lowest BCUT2D eigenvalue weighted by Gasteiger charge is -1.97. The Kier molecular flexibility index (Phi) is 2.05. The van der Waals surface area contributed by atoms with Gasteiger partial charge in [-0.3, -0.25) is 4.79 Å². The van der Waals surface area contributed by atoms with Crippen molar-refractivity contribution >= 4 is 17.2 Å². The van der Waals surface area contributed by atoms with E-state index in [0.29, 0.717) is 5.56 Å². The molecule has 0 saturated carbocycles. The molecule has 0 saturated heterocycles. The molecule has 0 aliphatic rings. The highest BCUT2D eigenvalue weighted by Crippen LogP contribution is 1.96. The van der Waals surface area contributed by atoms with E-state index in [9.17, 15) is 4.79 Å². The minimum atomic E-state index is -0.173. The van der Waals surface area contributed by atoms with Crippen LogP contribution in [-0.4, -0.2) is 9.97 Å². The Morgan fingerprint density at radius 2 is 2.27 bits per heavy atom. The lowest BCUT2D eigenvalue weighted by atomic mass is 10.2. The van der Waals surface area contributed by atoms with Gasteiger partial charge in [-0.15, -0.1) is 0 Å². The Labute approximate surface area is 69.2 Å². The second-order valence-corrected chi connectivity index (χ2v) is 2.72. The molecule has 1 rings (SSSR count). The summed E-state index contributed by atoms with van der Waals surface area (Å²) in [7, 11) is 0. The van der Waals surface area contributed by atoms with E-state index in [2.05, 4.69) is 4.98 Å². The monoisotopic (exact) mass is 168 g/mol. The van der Waals surface area contributed by atoms with Crippen molar-refractivity contribution in [3.05, 3.63) is 33.7 Å². The van der Waals surface area contributed by atoms with Crippen LogP contribution in [0.25, 0.3) is 0 Å².